The molecule has 1 fully saturated rings. The van der Waals surface area contributed by atoms with E-state index in [0.717, 1.165) is 24.0 Å². The minimum Gasteiger partial charge on any atom is -0.358 e. The maximum Gasteiger partial charge on any atom is 0.207 e. The molecule has 5 nitrogen and oxygen atoms in total. The van der Waals surface area contributed by atoms with Gasteiger partial charge in [-0.25, -0.2) is 8.78 Å². The third-order valence-corrected chi connectivity index (χ3v) is 4.07. The van der Waals surface area contributed by atoms with Gasteiger partial charge in [0.2, 0.25) is 12.8 Å². The van der Waals surface area contributed by atoms with E-state index in [9.17, 15) is 18.4 Å². The van der Waals surface area contributed by atoms with Crippen LogP contribution >= 0.6 is 0 Å². The maximum atomic E-state index is 12.4. The van der Waals surface area contributed by atoms with Gasteiger partial charge in [-0.05, 0) is 74.2 Å². The van der Waals surface area contributed by atoms with E-state index in [1.807, 2.05) is 0 Å². The van der Waals surface area contributed by atoms with Crippen molar-refractivity contribution in [3.63, 3.8) is 0 Å². The van der Waals surface area contributed by atoms with E-state index in [1.54, 1.807) is 24.3 Å². The average molecular weight is 405 g/mol. The molecular formula is C22H29F2N3O2. The fourth-order valence-electron chi connectivity index (χ4n) is 2.48. The first-order chi connectivity index (χ1) is 14.2. The second-order valence-corrected chi connectivity index (χ2v) is 6.35. The van der Waals surface area contributed by atoms with Crippen LogP contribution in [0.1, 0.15) is 24.0 Å². The number of carbonyl (C=O) groups is 2. The Bertz CT molecular complexity index is 612. The van der Waals surface area contributed by atoms with Gasteiger partial charge in [0.05, 0.1) is 0 Å². The quantitative estimate of drug-likeness (QED) is 0.467. The fourth-order valence-corrected chi connectivity index (χ4v) is 2.48. The molecular weight excluding hydrogens is 376 g/mol. The second kappa shape index (κ2) is 16.2. The number of hydrogen-bond donors (Lipinski definition) is 3. The Morgan fingerprint density at radius 2 is 1.10 bits per heavy atom. The van der Waals surface area contributed by atoms with Gasteiger partial charge in [0, 0.05) is 13.1 Å². The number of halogens is 2. The van der Waals surface area contributed by atoms with Crippen molar-refractivity contribution in [3.8, 4) is 0 Å². The number of hydrogen-bond acceptors (Lipinski definition) is 3. The molecule has 158 valence electrons. The predicted molar refractivity (Wildman–Crippen MR) is 110 cm³/mol. The van der Waals surface area contributed by atoms with Crippen molar-refractivity contribution < 1.29 is 18.4 Å². The number of amides is 2. The lowest BCUT2D eigenvalue weighted by Gasteiger charge is -1.99. The van der Waals surface area contributed by atoms with Crippen LogP contribution in [0.3, 0.4) is 0 Å². The van der Waals surface area contributed by atoms with Gasteiger partial charge in [-0.15, -0.1) is 0 Å². The van der Waals surface area contributed by atoms with E-state index in [2.05, 4.69) is 16.0 Å². The van der Waals surface area contributed by atoms with Crippen molar-refractivity contribution in [2.45, 2.75) is 25.7 Å². The van der Waals surface area contributed by atoms with Gasteiger partial charge in [0.1, 0.15) is 11.6 Å². The third kappa shape index (κ3) is 13.1. The minimum atomic E-state index is -0.234. The maximum absolute atomic E-state index is 12.4. The van der Waals surface area contributed by atoms with Crippen LogP contribution in [-0.2, 0) is 22.4 Å². The molecule has 3 rings (SSSR count). The molecule has 2 amide bonds. The summed E-state index contributed by atoms with van der Waals surface area (Å²) in [5.41, 5.74) is 2.04. The molecule has 2 aromatic carbocycles. The largest absolute Gasteiger partial charge is 0.358 e. The molecule has 0 radical (unpaired) electrons. The molecule has 29 heavy (non-hydrogen) atoms. The number of benzene rings is 2. The number of nitrogens with one attached hydrogen (secondary N) is 3. The van der Waals surface area contributed by atoms with Gasteiger partial charge < -0.3 is 16.0 Å². The van der Waals surface area contributed by atoms with E-state index in [-0.39, 0.29) is 11.6 Å². The molecule has 0 aliphatic carbocycles. The molecule has 1 aliphatic heterocycles. The topological polar surface area (TPSA) is 70.2 Å². The Kier molecular flexibility index (Phi) is 13.5. The lowest BCUT2D eigenvalue weighted by Crippen LogP contribution is -2.14. The molecule has 0 bridgehead atoms. The van der Waals surface area contributed by atoms with E-state index >= 15 is 0 Å². The van der Waals surface area contributed by atoms with Gasteiger partial charge in [0.15, 0.2) is 0 Å². The van der Waals surface area contributed by atoms with Gasteiger partial charge in [-0.3, -0.25) is 9.59 Å². The zero-order valence-electron chi connectivity index (χ0n) is 16.5. The molecule has 2 aromatic rings. The van der Waals surface area contributed by atoms with E-state index < -0.39 is 0 Å². The summed E-state index contributed by atoms with van der Waals surface area (Å²) in [6.45, 7) is 3.68. The Morgan fingerprint density at radius 3 is 1.38 bits per heavy atom. The fraction of sp³-hybridized carbons (Fsp3) is 0.364. The molecule has 1 aliphatic rings. The summed E-state index contributed by atoms with van der Waals surface area (Å²) in [6, 6.07) is 12.5. The van der Waals surface area contributed by atoms with Gasteiger partial charge in [-0.1, -0.05) is 24.3 Å². The highest BCUT2D eigenvalue weighted by Gasteiger charge is 1.94. The van der Waals surface area contributed by atoms with Crippen LogP contribution in [0.25, 0.3) is 0 Å². The van der Waals surface area contributed by atoms with Crippen LogP contribution in [0.15, 0.2) is 48.5 Å². The molecule has 1 heterocycles. The summed E-state index contributed by atoms with van der Waals surface area (Å²) >= 11 is 0. The predicted octanol–water partition coefficient (Wildman–Crippen LogP) is 2.60. The lowest BCUT2D eigenvalue weighted by atomic mass is 10.1. The SMILES string of the molecule is C1CCNC1.O=CNCCc1ccc(F)cc1.O=CNCCc1ccc(F)cc1. The Hall–Kier alpha value is -2.80. The number of rotatable bonds is 8. The van der Waals surface area contributed by atoms with Crippen molar-refractivity contribution in [1.29, 1.82) is 0 Å². The molecule has 0 spiro atoms. The molecule has 0 aromatic heterocycles. The highest BCUT2D eigenvalue weighted by Crippen LogP contribution is 2.03. The first-order valence-corrected chi connectivity index (χ1v) is 9.69. The van der Waals surface area contributed by atoms with Crippen molar-refractivity contribution in [1.82, 2.24) is 16.0 Å². The monoisotopic (exact) mass is 405 g/mol. The minimum absolute atomic E-state index is 0.234. The van der Waals surface area contributed by atoms with E-state index in [0.29, 0.717) is 25.9 Å². The van der Waals surface area contributed by atoms with Crippen LogP contribution in [-0.4, -0.2) is 39.0 Å². The molecule has 0 atom stereocenters. The summed E-state index contributed by atoms with van der Waals surface area (Å²) in [4.78, 5) is 19.8. The first-order valence-electron chi connectivity index (χ1n) is 9.69. The third-order valence-electron chi connectivity index (χ3n) is 4.07. The van der Waals surface area contributed by atoms with Crippen LogP contribution in [0.2, 0.25) is 0 Å². The summed E-state index contributed by atoms with van der Waals surface area (Å²) in [7, 11) is 0. The highest BCUT2D eigenvalue weighted by molar-refractivity contribution is 5.46. The first kappa shape index (κ1) is 24.2. The summed E-state index contributed by atoms with van der Waals surface area (Å²) < 4.78 is 24.8. The van der Waals surface area contributed by atoms with Crippen molar-refractivity contribution >= 4 is 12.8 Å². The van der Waals surface area contributed by atoms with E-state index in [1.165, 1.54) is 50.2 Å². The standard InChI is InChI=1S/2C9H10FNO.C4H9N/c2*10-9-3-1-8(2-4-9)5-6-11-7-12;1-2-4-5-3-1/h2*1-4,7H,5-6H2,(H,11,12);5H,1-4H2. The molecule has 0 saturated carbocycles. The summed E-state index contributed by atoms with van der Waals surface area (Å²) in [5.74, 6) is -0.468. The Balaban J connectivity index is 0.000000235. The highest BCUT2D eigenvalue weighted by atomic mass is 19.1. The normalized spacial score (nSPS) is 11.9. The summed E-state index contributed by atoms with van der Waals surface area (Å²) in [5, 5.41) is 8.30. The van der Waals surface area contributed by atoms with Crippen molar-refractivity contribution in [2.24, 2.45) is 0 Å². The van der Waals surface area contributed by atoms with Gasteiger partial charge >= 0.3 is 0 Å². The molecule has 3 N–H and O–H groups in total. The van der Waals surface area contributed by atoms with Crippen LogP contribution < -0.4 is 16.0 Å². The zero-order chi connectivity index (χ0) is 21.2. The van der Waals surface area contributed by atoms with Gasteiger partial charge in [-0.2, -0.15) is 0 Å². The van der Waals surface area contributed by atoms with Crippen LogP contribution in [0, 0.1) is 11.6 Å². The van der Waals surface area contributed by atoms with E-state index in [4.69, 9.17) is 0 Å². The zero-order valence-corrected chi connectivity index (χ0v) is 16.5. The smallest absolute Gasteiger partial charge is 0.207 e. The Labute approximate surface area is 170 Å². The molecule has 0 unspecified atom stereocenters. The van der Waals surface area contributed by atoms with Crippen LogP contribution in [0.4, 0.5) is 8.78 Å². The summed E-state index contributed by atoms with van der Waals surface area (Å²) in [6.07, 6.45) is 5.56. The average Bonchev–Trinajstić information content (AvgIpc) is 3.32. The Morgan fingerprint density at radius 1 is 0.724 bits per heavy atom. The van der Waals surface area contributed by atoms with Crippen LogP contribution in [0.5, 0.6) is 0 Å². The van der Waals surface area contributed by atoms with Gasteiger partial charge in [0.25, 0.3) is 0 Å². The molecule has 1 saturated heterocycles. The second-order valence-electron chi connectivity index (χ2n) is 6.35. The van der Waals surface area contributed by atoms with Crippen molar-refractivity contribution in [2.75, 3.05) is 26.2 Å². The van der Waals surface area contributed by atoms with Crippen molar-refractivity contribution in [3.05, 3.63) is 71.3 Å². The lowest BCUT2D eigenvalue weighted by molar-refractivity contribution is -0.110. The number of carbonyl (C=O) groups excluding carboxylic acids is 2. The molecule has 7 heteroatoms.